The Bertz CT molecular complexity index is 495. The highest BCUT2D eigenvalue weighted by atomic mass is 32.2. The van der Waals surface area contributed by atoms with Gasteiger partial charge in [-0.3, -0.25) is 4.98 Å². The third-order valence-electron chi connectivity index (χ3n) is 3.06. The highest BCUT2D eigenvalue weighted by Crippen LogP contribution is 2.30. The van der Waals surface area contributed by atoms with Gasteiger partial charge in [-0.15, -0.1) is 0 Å². The van der Waals surface area contributed by atoms with E-state index < -0.39 is 10.0 Å². The molecule has 1 unspecified atom stereocenters. The van der Waals surface area contributed by atoms with Crippen molar-refractivity contribution in [3.8, 4) is 0 Å². The van der Waals surface area contributed by atoms with Crippen molar-refractivity contribution in [2.24, 2.45) is 0 Å². The van der Waals surface area contributed by atoms with Crippen molar-refractivity contribution >= 4 is 10.0 Å². The molecule has 1 aliphatic carbocycles. The lowest BCUT2D eigenvalue weighted by atomic mass is 10.1. The van der Waals surface area contributed by atoms with E-state index in [9.17, 15) is 8.42 Å². The molecular weight excluding hydrogens is 236 g/mol. The van der Waals surface area contributed by atoms with Crippen LogP contribution in [-0.4, -0.2) is 18.7 Å². The molecule has 1 heterocycles. The minimum absolute atomic E-state index is 0.180. The molecule has 0 bridgehead atoms. The molecule has 0 radical (unpaired) electrons. The number of nitrogens with one attached hydrogen (secondary N) is 1. The second-order valence-corrected chi connectivity index (χ2v) is 6.52. The summed E-state index contributed by atoms with van der Waals surface area (Å²) in [6.45, 7) is 3.92. The summed E-state index contributed by atoms with van der Waals surface area (Å²) in [5.41, 5.74) is 1.86. The third kappa shape index (κ3) is 2.84. The summed E-state index contributed by atoms with van der Waals surface area (Å²) in [5, 5.41) is -0.180. The Labute approximate surface area is 103 Å². The molecule has 1 saturated carbocycles. The van der Waals surface area contributed by atoms with Crippen molar-refractivity contribution in [3.63, 3.8) is 0 Å². The lowest BCUT2D eigenvalue weighted by Crippen LogP contribution is -2.32. The van der Waals surface area contributed by atoms with E-state index in [0.717, 1.165) is 24.1 Å². The van der Waals surface area contributed by atoms with Crippen molar-refractivity contribution in [1.82, 2.24) is 9.71 Å². The lowest BCUT2D eigenvalue weighted by molar-refractivity contribution is 0.542. The van der Waals surface area contributed by atoms with Crippen LogP contribution in [0.5, 0.6) is 0 Å². The lowest BCUT2D eigenvalue weighted by Gasteiger charge is -2.18. The number of aryl methyl sites for hydroxylation is 1. The molecule has 1 N–H and O–H groups in total. The number of hydrogen-bond acceptors (Lipinski definition) is 3. The van der Waals surface area contributed by atoms with Gasteiger partial charge in [0, 0.05) is 6.20 Å². The normalized spacial score (nSPS) is 18.0. The second kappa shape index (κ2) is 4.74. The Hall–Kier alpha value is -0.940. The number of hydrogen-bond donors (Lipinski definition) is 1. The first kappa shape index (κ1) is 12.5. The van der Waals surface area contributed by atoms with Gasteiger partial charge in [-0.25, -0.2) is 13.1 Å². The molecule has 2 rings (SSSR count). The predicted octanol–water partition coefficient (Wildman–Crippen LogP) is 1.92. The van der Waals surface area contributed by atoms with Gasteiger partial charge in [-0.1, -0.05) is 13.0 Å². The molecule has 4 nitrogen and oxygen atoms in total. The van der Waals surface area contributed by atoms with E-state index in [-0.39, 0.29) is 11.3 Å². The molecule has 0 amide bonds. The average Bonchev–Trinajstić information content (AvgIpc) is 3.11. The van der Waals surface area contributed by atoms with Gasteiger partial charge < -0.3 is 0 Å². The zero-order chi connectivity index (χ0) is 12.5. The summed E-state index contributed by atoms with van der Waals surface area (Å²) in [6.07, 6.45) is 3.99. The molecule has 1 atom stereocenters. The van der Waals surface area contributed by atoms with Crippen LogP contribution >= 0.6 is 0 Å². The van der Waals surface area contributed by atoms with Crippen LogP contribution in [0, 0.1) is 6.92 Å². The van der Waals surface area contributed by atoms with E-state index in [4.69, 9.17) is 0 Å². The summed E-state index contributed by atoms with van der Waals surface area (Å²) in [6, 6.07) is 3.61. The molecule has 1 aromatic rings. The smallest absolute Gasteiger partial charge is 0.215 e. The van der Waals surface area contributed by atoms with Crippen molar-refractivity contribution < 1.29 is 8.42 Å². The second-order valence-electron chi connectivity index (χ2n) is 4.53. The van der Waals surface area contributed by atoms with E-state index >= 15 is 0 Å². The van der Waals surface area contributed by atoms with Crippen LogP contribution in [0.3, 0.4) is 0 Å². The Balaban J connectivity index is 2.20. The van der Waals surface area contributed by atoms with Crippen LogP contribution in [0.25, 0.3) is 0 Å². The zero-order valence-corrected chi connectivity index (χ0v) is 11.0. The molecule has 0 spiro atoms. The minimum atomic E-state index is -3.15. The third-order valence-corrected chi connectivity index (χ3v) is 5.02. The van der Waals surface area contributed by atoms with Crippen molar-refractivity contribution in [2.75, 3.05) is 0 Å². The van der Waals surface area contributed by atoms with Crippen LogP contribution in [0.4, 0.5) is 0 Å². The predicted molar refractivity (Wildman–Crippen MR) is 67.1 cm³/mol. The quantitative estimate of drug-likeness (QED) is 0.873. The topological polar surface area (TPSA) is 59.1 Å². The van der Waals surface area contributed by atoms with E-state index in [1.165, 1.54) is 0 Å². The van der Waals surface area contributed by atoms with E-state index in [0.29, 0.717) is 6.42 Å². The summed E-state index contributed by atoms with van der Waals surface area (Å²) < 4.78 is 26.6. The highest BCUT2D eigenvalue weighted by molar-refractivity contribution is 7.90. The first-order valence-electron chi connectivity index (χ1n) is 5.97. The summed E-state index contributed by atoms with van der Waals surface area (Å²) in [4.78, 5) is 4.29. The Morgan fingerprint density at radius 2 is 2.24 bits per heavy atom. The molecular formula is C12H18N2O2S. The highest BCUT2D eigenvalue weighted by Gasteiger charge is 2.37. The van der Waals surface area contributed by atoms with Gasteiger partial charge in [0.05, 0.1) is 17.0 Å². The van der Waals surface area contributed by atoms with Crippen molar-refractivity contribution in [1.29, 1.82) is 0 Å². The molecule has 1 fully saturated rings. The maximum atomic E-state index is 11.9. The van der Waals surface area contributed by atoms with Crippen molar-refractivity contribution in [3.05, 3.63) is 29.6 Å². The number of nitrogens with zero attached hydrogens (tertiary/aromatic N) is 1. The fourth-order valence-electron chi connectivity index (χ4n) is 1.87. The van der Waals surface area contributed by atoms with Gasteiger partial charge in [0.25, 0.3) is 0 Å². The molecule has 17 heavy (non-hydrogen) atoms. The van der Waals surface area contributed by atoms with Crippen LogP contribution in [-0.2, 0) is 10.0 Å². The van der Waals surface area contributed by atoms with Gasteiger partial charge in [-0.05, 0) is 37.8 Å². The van der Waals surface area contributed by atoms with E-state index in [2.05, 4.69) is 9.71 Å². The molecule has 94 valence electrons. The molecule has 0 aromatic carbocycles. The van der Waals surface area contributed by atoms with Crippen LogP contribution in [0.1, 0.15) is 43.5 Å². The molecule has 0 aliphatic heterocycles. The fourth-order valence-corrected chi connectivity index (χ4v) is 3.49. The Kier molecular flexibility index (Phi) is 3.49. The van der Waals surface area contributed by atoms with E-state index in [1.54, 1.807) is 6.20 Å². The fraction of sp³-hybridized carbons (Fsp3) is 0.583. The minimum Gasteiger partial charge on any atom is -0.259 e. The molecule has 0 saturated heterocycles. The standard InChI is InChI=1S/C12H18N2O2S/c1-3-11(12-9(2)5-4-8-13-12)14-17(15,16)10-6-7-10/h4-5,8,10-11,14H,3,6-7H2,1-2H3. The molecule has 1 aliphatic rings. The number of aromatic nitrogens is 1. The zero-order valence-electron chi connectivity index (χ0n) is 10.2. The number of pyridine rings is 1. The first-order chi connectivity index (χ1) is 8.04. The van der Waals surface area contributed by atoms with Gasteiger partial charge in [0.1, 0.15) is 0 Å². The van der Waals surface area contributed by atoms with Gasteiger partial charge >= 0.3 is 0 Å². The molecule has 5 heteroatoms. The summed E-state index contributed by atoms with van der Waals surface area (Å²) >= 11 is 0. The van der Waals surface area contributed by atoms with Crippen LogP contribution < -0.4 is 4.72 Å². The molecule has 1 aromatic heterocycles. The largest absolute Gasteiger partial charge is 0.259 e. The van der Waals surface area contributed by atoms with Gasteiger partial charge in [0.15, 0.2) is 0 Å². The van der Waals surface area contributed by atoms with E-state index in [1.807, 2.05) is 26.0 Å². The van der Waals surface area contributed by atoms with Crippen LogP contribution in [0.15, 0.2) is 18.3 Å². The first-order valence-corrected chi connectivity index (χ1v) is 7.52. The number of sulfonamides is 1. The van der Waals surface area contributed by atoms with Crippen LogP contribution in [0.2, 0.25) is 0 Å². The SMILES string of the molecule is CCC(NS(=O)(=O)C1CC1)c1ncccc1C. The average molecular weight is 254 g/mol. The Morgan fingerprint density at radius 3 is 2.76 bits per heavy atom. The maximum Gasteiger partial charge on any atom is 0.215 e. The summed E-state index contributed by atoms with van der Waals surface area (Å²) in [5.74, 6) is 0. The number of rotatable bonds is 5. The van der Waals surface area contributed by atoms with Gasteiger partial charge in [-0.2, -0.15) is 0 Å². The maximum absolute atomic E-state index is 11.9. The summed E-state index contributed by atoms with van der Waals surface area (Å²) in [7, 11) is -3.15. The Morgan fingerprint density at radius 1 is 1.53 bits per heavy atom. The monoisotopic (exact) mass is 254 g/mol. The van der Waals surface area contributed by atoms with Gasteiger partial charge in [0.2, 0.25) is 10.0 Å². The van der Waals surface area contributed by atoms with Crippen molar-refractivity contribution in [2.45, 2.75) is 44.4 Å².